The summed E-state index contributed by atoms with van der Waals surface area (Å²) in [5.74, 6) is 0.0160. The fourth-order valence-corrected chi connectivity index (χ4v) is 1.94. The van der Waals surface area contributed by atoms with Crippen LogP contribution >= 0.6 is 0 Å². The average molecular weight is 269 g/mol. The first-order chi connectivity index (χ1) is 9.78. The van der Waals surface area contributed by atoms with Gasteiger partial charge in [0.15, 0.2) is 0 Å². The number of carbonyl (C=O) groups is 1. The highest BCUT2D eigenvalue weighted by atomic mass is 16.1. The molecule has 0 aliphatic carbocycles. The Morgan fingerprint density at radius 2 is 1.65 bits per heavy atom. The topological polar surface area (TPSA) is 68.0 Å². The number of nitrogens with zero attached hydrogens (tertiary/aromatic N) is 1. The molecule has 0 saturated heterocycles. The fraction of sp³-hybridized carbons (Fsp3) is 0.250. The molecule has 1 aromatic carbocycles. The molecule has 20 heavy (non-hydrogen) atoms. The highest BCUT2D eigenvalue weighted by Gasteiger charge is 2.03. The molecule has 1 amide bonds. The molecule has 4 heteroatoms. The maximum atomic E-state index is 11.8. The molecule has 0 fully saturated rings. The molecular weight excluding hydrogens is 250 g/mol. The summed E-state index contributed by atoms with van der Waals surface area (Å²) in [4.78, 5) is 15.7. The van der Waals surface area contributed by atoms with Gasteiger partial charge in [0.1, 0.15) is 0 Å². The van der Waals surface area contributed by atoms with Crippen molar-refractivity contribution in [3.05, 3.63) is 65.5 Å². The normalized spacial score (nSPS) is 10.2. The van der Waals surface area contributed by atoms with Crippen molar-refractivity contribution in [2.75, 3.05) is 6.54 Å². The summed E-state index contributed by atoms with van der Waals surface area (Å²) in [7, 11) is 0. The van der Waals surface area contributed by atoms with Gasteiger partial charge in [0.25, 0.3) is 0 Å². The zero-order valence-corrected chi connectivity index (χ0v) is 11.4. The SMILES string of the molecule is NCCc1ccc(CNC(=O)Cc2ccncc2)cc1. The Hall–Kier alpha value is -2.20. The zero-order chi connectivity index (χ0) is 14.2. The second-order valence-electron chi connectivity index (χ2n) is 4.66. The van der Waals surface area contributed by atoms with Crippen molar-refractivity contribution < 1.29 is 4.79 Å². The van der Waals surface area contributed by atoms with Gasteiger partial charge in [-0.1, -0.05) is 24.3 Å². The van der Waals surface area contributed by atoms with E-state index in [4.69, 9.17) is 5.73 Å². The van der Waals surface area contributed by atoms with E-state index in [1.807, 2.05) is 24.3 Å². The summed E-state index contributed by atoms with van der Waals surface area (Å²) in [6.07, 6.45) is 4.65. The van der Waals surface area contributed by atoms with E-state index in [1.54, 1.807) is 12.4 Å². The molecule has 0 aliphatic rings. The molecule has 2 aromatic rings. The van der Waals surface area contributed by atoms with Crippen molar-refractivity contribution >= 4 is 5.91 Å². The summed E-state index contributed by atoms with van der Waals surface area (Å²) in [5, 5.41) is 2.91. The van der Waals surface area contributed by atoms with Gasteiger partial charge in [0, 0.05) is 18.9 Å². The van der Waals surface area contributed by atoms with Crippen molar-refractivity contribution in [1.29, 1.82) is 0 Å². The molecule has 0 spiro atoms. The van der Waals surface area contributed by atoms with E-state index in [0.717, 1.165) is 17.5 Å². The van der Waals surface area contributed by atoms with E-state index in [1.165, 1.54) is 5.56 Å². The zero-order valence-electron chi connectivity index (χ0n) is 11.4. The van der Waals surface area contributed by atoms with Gasteiger partial charge in [0.2, 0.25) is 5.91 Å². The van der Waals surface area contributed by atoms with Crippen LogP contribution in [0.5, 0.6) is 0 Å². The molecule has 0 saturated carbocycles. The molecule has 0 unspecified atom stereocenters. The minimum Gasteiger partial charge on any atom is -0.352 e. The van der Waals surface area contributed by atoms with Crippen LogP contribution in [0.25, 0.3) is 0 Å². The molecule has 4 nitrogen and oxygen atoms in total. The number of amides is 1. The average Bonchev–Trinajstić information content (AvgIpc) is 2.48. The van der Waals surface area contributed by atoms with Gasteiger partial charge < -0.3 is 11.1 Å². The Kier molecular flexibility index (Phi) is 5.26. The van der Waals surface area contributed by atoms with Gasteiger partial charge in [-0.25, -0.2) is 0 Å². The molecule has 2 rings (SSSR count). The number of nitrogens with two attached hydrogens (primary N) is 1. The van der Waals surface area contributed by atoms with E-state index in [-0.39, 0.29) is 5.91 Å². The Morgan fingerprint density at radius 1 is 1.00 bits per heavy atom. The van der Waals surface area contributed by atoms with E-state index < -0.39 is 0 Å². The van der Waals surface area contributed by atoms with Crippen LogP contribution in [-0.2, 0) is 24.2 Å². The number of benzene rings is 1. The van der Waals surface area contributed by atoms with Crippen LogP contribution in [0.2, 0.25) is 0 Å². The number of hydrogen-bond donors (Lipinski definition) is 2. The molecule has 104 valence electrons. The number of nitrogens with one attached hydrogen (secondary N) is 1. The van der Waals surface area contributed by atoms with Crippen LogP contribution in [0.4, 0.5) is 0 Å². The number of rotatable bonds is 6. The highest BCUT2D eigenvalue weighted by molar-refractivity contribution is 5.78. The van der Waals surface area contributed by atoms with Gasteiger partial charge in [0.05, 0.1) is 6.42 Å². The molecule has 0 aliphatic heterocycles. The van der Waals surface area contributed by atoms with Gasteiger partial charge >= 0.3 is 0 Å². The third kappa shape index (κ3) is 4.48. The van der Waals surface area contributed by atoms with Crippen molar-refractivity contribution in [3.8, 4) is 0 Å². The lowest BCUT2D eigenvalue weighted by Crippen LogP contribution is -2.24. The first-order valence-electron chi connectivity index (χ1n) is 6.71. The molecule has 0 radical (unpaired) electrons. The Bertz CT molecular complexity index is 537. The second kappa shape index (κ2) is 7.40. The Balaban J connectivity index is 1.81. The van der Waals surface area contributed by atoms with Gasteiger partial charge in [-0.05, 0) is 41.8 Å². The molecule has 3 N–H and O–H groups in total. The molecular formula is C16H19N3O. The summed E-state index contributed by atoms with van der Waals surface area (Å²) >= 11 is 0. The monoisotopic (exact) mass is 269 g/mol. The predicted octanol–water partition coefficient (Wildman–Crippen LogP) is 1.44. The summed E-state index contributed by atoms with van der Waals surface area (Å²) in [6, 6.07) is 11.9. The van der Waals surface area contributed by atoms with Crippen molar-refractivity contribution in [2.24, 2.45) is 5.73 Å². The molecule has 0 atom stereocenters. The van der Waals surface area contributed by atoms with Gasteiger partial charge in [-0.15, -0.1) is 0 Å². The van der Waals surface area contributed by atoms with Gasteiger partial charge in [-0.3, -0.25) is 9.78 Å². The smallest absolute Gasteiger partial charge is 0.224 e. The van der Waals surface area contributed by atoms with Crippen LogP contribution in [-0.4, -0.2) is 17.4 Å². The molecule has 1 heterocycles. The summed E-state index contributed by atoms with van der Waals surface area (Å²) in [5.41, 5.74) is 8.79. The van der Waals surface area contributed by atoms with E-state index in [2.05, 4.69) is 22.4 Å². The van der Waals surface area contributed by atoms with Crippen molar-refractivity contribution in [1.82, 2.24) is 10.3 Å². The Labute approximate surface area is 119 Å². The first-order valence-corrected chi connectivity index (χ1v) is 6.71. The minimum atomic E-state index is 0.0160. The standard InChI is InChI=1S/C16H19N3O/c17-8-5-13-1-3-15(4-2-13)12-19-16(20)11-14-6-9-18-10-7-14/h1-4,6-7,9-10H,5,8,11-12,17H2,(H,19,20). The highest BCUT2D eigenvalue weighted by Crippen LogP contribution is 2.05. The maximum absolute atomic E-state index is 11.8. The van der Waals surface area contributed by atoms with Gasteiger partial charge in [-0.2, -0.15) is 0 Å². The summed E-state index contributed by atoms with van der Waals surface area (Å²) < 4.78 is 0. The lowest BCUT2D eigenvalue weighted by Gasteiger charge is -2.06. The molecule has 0 bridgehead atoms. The predicted molar refractivity (Wildman–Crippen MR) is 79.0 cm³/mol. The largest absolute Gasteiger partial charge is 0.352 e. The molecule has 1 aromatic heterocycles. The number of pyridine rings is 1. The third-order valence-electron chi connectivity index (χ3n) is 3.06. The van der Waals surface area contributed by atoms with Crippen molar-refractivity contribution in [2.45, 2.75) is 19.4 Å². The quantitative estimate of drug-likeness (QED) is 0.834. The van der Waals surface area contributed by atoms with Crippen LogP contribution in [0.3, 0.4) is 0 Å². The lowest BCUT2D eigenvalue weighted by atomic mass is 10.1. The number of aromatic nitrogens is 1. The van der Waals surface area contributed by atoms with E-state index in [0.29, 0.717) is 19.5 Å². The van der Waals surface area contributed by atoms with Crippen LogP contribution in [0.1, 0.15) is 16.7 Å². The van der Waals surface area contributed by atoms with E-state index in [9.17, 15) is 4.79 Å². The van der Waals surface area contributed by atoms with Crippen LogP contribution in [0.15, 0.2) is 48.8 Å². The fourth-order valence-electron chi connectivity index (χ4n) is 1.94. The number of carbonyl (C=O) groups excluding carboxylic acids is 1. The number of hydrogen-bond acceptors (Lipinski definition) is 3. The Morgan fingerprint density at radius 3 is 2.30 bits per heavy atom. The third-order valence-corrected chi connectivity index (χ3v) is 3.06. The maximum Gasteiger partial charge on any atom is 0.224 e. The second-order valence-corrected chi connectivity index (χ2v) is 4.66. The minimum absolute atomic E-state index is 0.0160. The summed E-state index contributed by atoms with van der Waals surface area (Å²) in [6.45, 7) is 1.20. The van der Waals surface area contributed by atoms with Crippen LogP contribution in [0, 0.1) is 0 Å². The first kappa shape index (κ1) is 14.2. The lowest BCUT2D eigenvalue weighted by molar-refractivity contribution is -0.120. The van der Waals surface area contributed by atoms with Crippen molar-refractivity contribution in [3.63, 3.8) is 0 Å². The van der Waals surface area contributed by atoms with Crippen LogP contribution < -0.4 is 11.1 Å². The van der Waals surface area contributed by atoms with E-state index >= 15 is 0 Å².